The standard InChI is InChI=1S/C11H18Cl2N4/c1-11(2,3)4-5-15-9-7(12)6-8(13)10(16-9)17-14/h6H,4-5,14H2,1-3H3,(H2,15,16,17). The van der Waals surface area contributed by atoms with Crippen LogP contribution in [-0.4, -0.2) is 11.5 Å². The van der Waals surface area contributed by atoms with E-state index >= 15 is 0 Å². The summed E-state index contributed by atoms with van der Waals surface area (Å²) in [6, 6.07) is 1.62. The Morgan fingerprint density at radius 2 is 1.82 bits per heavy atom. The first-order chi connectivity index (χ1) is 7.83. The van der Waals surface area contributed by atoms with E-state index in [0.717, 1.165) is 13.0 Å². The lowest BCUT2D eigenvalue weighted by molar-refractivity contribution is 0.389. The Morgan fingerprint density at radius 1 is 1.24 bits per heavy atom. The van der Waals surface area contributed by atoms with Crippen LogP contribution in [0.25, 0.3) is 0 Å². The first-order valence-electron chi connectivity index (χ1n) is 5.40. The molecule has 0 aliphatic rings. The van der Waals surface area contributed by atoms with Gasteiger partial charge in [0.05, 0.1) is 10.0 Å². The summed E-state index contributed by atoms with van der Waals surface area (Å²) in [7, 11) is 0. The Bertz CT molecular complexity index is 388. The van der Waals surface area contributed by atoms with Gasteiger partial charge in [0.2, 0.25) is 0 Å². The maximum atomic E-state index is 6.03. The third-order valence-electron chi connectivity index (χ3n) is 2.23. The topological polar surface area (TPSA) is 63.0 Å². The van der Waals surface area contributed by atoms with Gasteiger partial charge in [0.25, 0.3) is 0 Å². The number of pyridine rings is 1. The van der Waals surface area contributed by atoms with Crippen molar-refractivity contribution in [3.63, 3.8) is 0 Å². The minimum atomic E-state index is 0.265. The molecular weight excluding hydrogens is 259 g/mol. The second kappa shape index (κ2) is 5.76. The first kappa shape index (κ1) is 14.4. The minimum absolute atomic E-state index is 0.265. The van der Waals surface area contributed by atoms with E-state index in [1.54, 1.807) is 6.07 Å². The summed E-state index contributed by atoms with van der Waals surface area (Å²) >= 11 is 11.9. The van der Waals surface area contributed by atoms with Crippen LogP contribution in [0.4, 0.5) is 11.6 Å². The first-order valence-corrected chi connectivity index (χ1v) is 6.15. The molecule has 0 bridgehead atoms. The van der Waals surface area contributed by atoms with Crippen LogP contribution < -0.4 is 16.6 Å². The van der Waals surface area contributed by atoms with Crippen LogP contribution in [0.15, 0.2) is 6.07 Å². The molecule has 1 heterocycles. The molecule has 0 atom stereocenters. The molecule has 6 heteroatoms. The zero-order valence-electron chi connectivity index (χ0n) is 10.3. The Balaban J connectivity index is 2.71. The van der Waals surface area contributed by atoms with Gasteiger partial charge >= 0.3 is 0 Å². The van der Waals surface area contributed by atoms with Crippen molar-refractivity contribution in [2.24, 2.45) is 11.3 Å². The van der Waals surface area contributed by atoms with Crippen molar-refractivity contribution >= 4 is 34.8 Å². The lowest BCUT2D eigenvalue weighted by Crippen LogP contribution is -2.15. The molecule has 0 spiro atoms. The van der Waals surface area contributed by atoms with E-state index in [2.05, 4.69) is 36.5 Å². The maximum Gasteiger partial charge on any atom is 0.161 e. The van der Waals surface area contributed by atoms with Crippen LogP contribution in [0.5, 0.6) is 0 Å². The highest BCUT2D eigenvalue weighted by molar-refractivity contribution is 6.37. The quantitative estimate of drug-likeness (QED) is 0.582. The molecule has 0 aliphatic heterocycles. The van der Waals surface area contributed by atoms with E-state index in [4.69, 9.17) is 29.0 Å². The van der Waals surface area contributed by atoms with Crippen molar-refractivity contribution in [1.29, 1.82) is 0 Å². The van der Waals surface area contributed by atoms with Crippen LogP contribution in [-0.2, 0) is 0 Å². The number of halogens is 2. The van der Waals surface area contributed by atoms with Crippen molar-refractivity contribution in [2.75, 3.05) is 17.3 Å². The zero-order valence-corrected chi connectivity index (χ0v) is 11.8. The second-order valence-electron chi connectivity index (χ2n) is 5.03. The molecule has 0 aromatic carbocycles. The highest BCUT2D eigenvalue weighted by Gasteiger charge is 2.11. The number of nitrogen functional groups attached to an aromatic ring is 1. The van der Waals surface area contributed by atoms with E-state index in [0.29, 0.717) is 21.7 Å². The fourth-order valence-electron chi connectivity index (χ4n) is 1.25. The van der Waals surface area contributed by atoms with E-state index in [-0.39, 0.29) is 5.41 Å². The van der Waals surface area contributed by atoms with Crippen molar-refractivity contribution in [2.45, 2.75) is 27.2 Å². The molecule has 0 aliphatic carbocycles. The number of nitrogens with zero attached hydrogens (tertiary/aromatic N) is 1. The van der Waals surface area contributed by atoms with Gasteiger partial charge in [0, 0.05) is 6.54 Å². The van der Waals surface area contributed by atoms with E-state index < -0.39 is 0 Å². The van der Waals surface area contributed by atoms with E-state index in [1.807, 2.05) is 0 Å². The van der Waals surface area contributed by atoms with Crippen molar-refractivity contribution in [1.82, 2.24) is 4.98 Å². The van der Waals surface area contributed by atoms with Crippen LogP contribution in [0, 0.1) is 5.41 Å². The lowest BCUT2D eigenvalue weighted by Gasteiger charge is -2.18. The van der Waals surface area contributed by atoms with Crippen LogP contribution >= 0.6 is 23.2 Å². The van der Waals surface area contributed by atoms with Gasteiger partial charge in [-0.15, -0.1) is 0 Å². The molecule has 1 rings (SSSR count). The molecule has 0 saturated heterocycles. The molecule has 17 heavy (non-hydrogen) atoms. The molecule has 0 unspecified atom stereocenters. The second-order valence-corrected chi connectivity index (χ2v) is 5.85. The molecule has 96 valence electrons. The molecule has 0 radical (unpaired) electrons. The molecule has 4 N–H and O–H groups in total. The number of hydrogen-bond donors (Lipinski definition) is 3. The fourth-order valence-corrected chi connectivity index (χ4v) is 1.73. The Kier molecular flexibility index (Phi) is 4.86. The van der Waals surface area contributed by atoms with Crippen molar-refractivity contribution in [3.8, 4) is 0 Å². The normalized spacial score (nSPS) is 11.4. The summed E-state index contributed by atoms with van der Waals surface area (Å²) in [5.74, 6) is 6.30. The Labute approximate surface area is 112 Å². The number of rotatable bonds is 4. The van der Waals surface area contributed by atoms with Crippen molar-refractivity contribution in [3.05, 3.63) is 16.1 Å². The predicted octanol–water partition coefficient (Wildman–Crippen LogP) is 3.52. The van der Waals surface area contributed by atoms with E-state index in [9.17, 15) is 0 Å². The predicted molar refractivity (Wildman–Crippen MR) is 74.6 cm³/mol. The largest absolute Gasteiger partial charge is 0.369 e. The number of nitrogens with two attached hydrogens (primary N) is 1. The van der Waals surface area contributed by atoms with Crippen LogP contribution in [0.3, 0.4) is 0 Å². The highest BCUT2D eigenvalue weighted by Crippen LogP contribution is 2.29. The summed E-state index contributed by atoms with van der Waals surface area (Å²) in [6.45, 7) is 7.33. The highest BCUT2D eigenvalue weighted by atomic mass is 35.5. The monoisotopic (exact) mass is 276 g/mol. The Morgan fingerprint density at radius 3 is 2.35 bits per heavy atom. The fraction of sp³-hybridized carbons (Fsp3) is 0.545. The number of hydrazine groups is 1. The third kappa shape index (κ3) is 4.58. The maximum absolute atomic E-state index is 6.03. The van der Waals surface area contributed by atoms with Gasteiger partial charge in [-0.1, -0.05) is 44.0 Å². The molecule has 4 nitrogen and oxygen atoms in total. The smallest absolute Gasteiger partial charge is 0.161 e. The summed E-state index contributed by atoms with van der Waals surface area (Å²) in [5.41, 5.74) is 2.69. The van der Waals surface area contributed by atoms with Gasteiger partial charge in [-0.05, 0) is 17.9 Å². The van der Waals surface area contributed by atoms with Crippen LogP contribution in [0.1, 0.15) is 27.2 Å². The molecular formula is C11H18Cl2N4. The SMILES string of the molecule is CC(C)(C)CCNc1nc(NN)c(Cl)cc1Cl. The number of nitrogens with one attached hydrogen (secondary N) is 2. The van der Waals surface area contributed by atoms with Gasteiger partial charge in [-0.25, -0.2) is 10.8 Å². The number of anilines is 2. The lowest BCUT2D eigenvalue weighted by atomic mass is 9.92. The van der Waals surface area contributed by atoms with Gasteiger partial charge in [0.1, 0.15) is 5.82 Å². The van der Waals surface area contributed by atoms with Gasteiger partial charge in [-0.3, -0.25) is 0 Å². The summed E-state index contributed by atoms with van der Waals surface area (Å²) in [5, 5.41) is 4.06. The number of aromatic nitrogens is 1. The van der Waals surface area contributed by atoms with Gasteiger partial charge in [0.15, 0.2) is 5.82 Å². The van der Waals surface area contributed by atoms with E-state index in [1.165, 1.54) is 0 Å². The summed E-state index contributed by atoms with van der Waals surface area (Å²) in [6.07, 6.45) is 1.01. The summed E-state index contributed by atoms with van der Waals surface area (Å²) < 4.78 is 0. The molecule has 1 aromatic heterocycles. The molecule has 0 saturated carbocycles. The Hall–Kier alpha value is -0.710. The van der Waals surface area contributed by atoms with Crippen LogP contribution in [0.2, 0.25) is 10.0 Å². The third-order valence-corrected chi connectivity index (χ3v) is 2.81. The number of hydrogen-bond acceptors (Lipinski definition) is 4. The minimum Gasteiger partial charge on any atom is -0.369 e. The zero-order chi connectivity index (χ0) is 13.1. The van der Waals surface area contributed by atoms with Gasteiger partial charge in [-0.2, -0.15) is 0 Å². The van der Waals surface area contributed by atoms with Crippen molar-refractivity contribution < 1.29 is 0 Å². The molecule has 0 amide bonds. The molecule has 1 aromatic rings. The summed E-state index contributed by atoms with van der Waals surface area (Å²) in [4.78, 5) is 4.20. The van der Waals surface area contributed by atoms with Gasteiger partial charge < -0.3 is 10.7 Å². The molecule has 0 fully saturated rings. The average Bonchev–Trinajstić information content (AvgIpc) is 2.19. The average molecular weight is 277 g/mol.